The minimum absolute atomic E-state index is 0.200. The van der Waals surface area contributed by atoms with Gasteiger partial charge in [0.1, 0.15) is 5.75 Å². The number of aromatic nitrogens is 1. The monoisotopic (exact) mass is 364 g/mol. The number of rotatable bonds is 6. The van der Waals surface area contributed by atoms with Gasteiger partial charge in [-0.15, -0.1) is 0 Å². The van der Waals surface area contributed by atoms with Crippen LogP contribution in [0.1, 0.15) is 0 Å². The van der Waals surface area contributed by atoms with Crippen molar-refractivity contribution in [3.8, 4) is 5.75 Å². The highest BCUT2D eigenvalue weighted by Crippen LogP contribution is 2.21. The van der Waals surface area contributed by atoms with E-state index in [1.807, 2.05) is 35.0 Å². The van der Waals surface area contributed by atoms with Gasteiger partial charge in [-0.2, -0.15) is 0 Å². The van der Waals surface area contributed by atoms with E-state index in [1.165, 1.54) is 12.1 Å². The van der Waals surface area contributed by atoms with Crippen molar-refractivity contribution in [2.75, 3.05) is 13.7 Å². The number of benzene rings is 2. The molecule has 0 aliphatic carbocycles. The first kappa shape index (κ1) is 16.8. The predicted octanol–water partition coefficient (Wildman–Crippen LogP) is 3.28. The molecule has 1 heterocycles. The Labute approximate surface area is 145 Å². The fourth-order valence-corrected chi connectivity index (χ4v) is 3.63. The first-order chi connectivity index (χ1) is 11.5. The van der Waals surface area contributed by atoms with Crippen molar-refractivity contribution >= 4 is 32.5 Å². The van der Waals surface area contributed by atoms with Crippen molar-refractivity contribution < 1.29 is 13.2 Å². The van der Waals surface area contributed by atoms with Crippen molar-refractivity contribution in [2.24, 2.45) is 0 Å². The van der Waals surface area contributed by atoms with Crippen LogP contribution in [0, 0.1) is 0 Å². The fraction of sp³-hybridized carbons (Fsp3) is 0.176. The van der Waals surface area contributed by atoms with Gasteiger partial charge in [-0.05, 0) is 47.9 Å². The SMILES string of the molecule is COc1ccc2ccn(CCNS(=O)(=O)c3ccc(Cl)cc3)c2c1. The number of ether oxygens (including phenoxy) is 1. The highest BCUT2D eigenvalue weighted by molar-refractivity contribution is 7.89. The molecule has 24 heavy (non-hydrogen) atoms. The number of fused-ring (bicyclic) bond motifs is 1. The topological polar surface area (TPSA) is 60.3 Å². The molecule has 1 aromatic heterocycles. The molecule has 0 saturated carbocycles. The van der Waals surface area contributed by atoms with E-state index in [0.29, 0.717) is 11.6 Å². The Hall–Kier alpha value is -2.02. The lowest BCUT2D eigenvalue weighted by molar-refractivity contribution is 0.415. The van der Waals surface area contributed by atoms with Gasteiger partial charge in [-0.1, -0.05) is 11.6 Å². The molecule has 1 N–H and O–H groups in total. The summed E-state index contributed by atoms with van der Waals surface area (Å²) in [4.78, 5) is 0.200. The van der Waals surface area contributed by atoms with Crippen LogP contribution in [0.2, 0.25) is 5.02 Å². The lowest BCUT2D eigenvalue weighted by Crippen LogP contribution is -2.27. The quantitative estimate of drug-likeness (QED) is 0.730. The zero-order valence-electron chi connectivity index (χ0n) is 13.1. The van der Waals surface area contributed by atoms with Crippen molar-refractivity contribution in [2.45, 2.75) is 11.4 Å². The molecule has 0 radical (unpaired) electrons. The molecule has 0 unspecified atom stereocenters. The number of nitrogens with one attached hydrogen (secondary N) is 1. The van der Waals surface area contributed by atoms with Crippen LogP contribution in [0.4, 0.5) is 0 Å². The van der Waals surface area contributed by atoms with Crippen LogP contribution in [0.3, 0.4) is 0 Å². The molecule has 0 aliphatic heterocycles. The van der Waals surface area contributed by atoms with Crippen LogP contribution < -0.4 is 9.46 Å². The van der Waals surface area contributed by atoms with Gasteiger partial charge >= 0.3 is 0 Å². The van der Waals surface area contributed by atoms with E-state index < -0.39 is 10.0 Å². The molecule has 0 amide bonds. The van der Waals surface area contributed by atoms with Crippen LogP contribution in [0.5, 0.6) is 5.75 Å². The summed E-state index contributed by atoms with van der Waals surface area (Å²) in [6.07, 6.45) is 1.93. The molecule has 0 spiro atoms. The maximum absolute atomic E-state index is 12.3. The zero-order valence-corrected chi connectivity index (χ0v) is 14.6. The van der Waals surface area contributed by atoms with Crippen molar-refractivity contribution in [1.29, 1.82) is 0 Å². The number of sulfonamides is 1. The molecular weight excluding hydrogens is 348 g/mol. The van der Waals surface area contributed by atoms with Gasteiger partial charge in [0, 0.05) is 30.4 Å². The third-order valence-electron chi connectivity index (χ3n) is 3.75. The van der Waals surface area contributed by atoms with Crippen LogP contribution in [-0.4, -0.2) is 26.6 Å². The second kappa shape index (κ2) is 6.84. The van der Waals surface area contributed by atoms with Gasteiger partial charge in [-0.3, -0.25) is 0 Å². The van der Waals surface area contributed by atoms with E-state index in [4.69, 9.17) is 16.3 Å². The zero-order chi connectivity index (χ0) is 17.2. The number of methoxy groups -OCH3 is 1. The number of hydrogen-bond donors (Lipinski definition) is 1. The standard InChI is InChI=1S/C17H17ClN2O3S/c1-23-15-5-2-13-8-10-20(17(13)12-15)11-9-19-24(21,22)16-6-3-14(18)4-7-16/h2-8,10,12,19H,9,11H2,1H3. The lowest BCUT2D eigenvalue weighted by atomic mass is 10.2. The average Bonchev–Trinajstić information content (AvgIpc) is 2.97. The highest BCUT2D eigenvalue weighted by Gasteiger charge is 2.13. The molecule has 3 aromatic rings. The minimum atomic E-state index is -3.54. The van der Waals surface area contributed by atoms with Gasteiger partial charge < -0.3 is 9.30 Å². The normalized spacial score (nSPS) is 11.8. The summed E-state index contributed by atoms with van der Waals surface area (Å²) in [5.74, 6) is 0.768. The molecule has 2 aromatic carbocycles. The summed E-state index contributed by atoms with van der Waals surface area (Å²) >= 11 is 5.79. The average molecular weight is 365 g/mol. The van der Waals surface area contributed by atoms with E-state index >= 15 is 0 Å². The van der Waals surface area contributed by atoms with Gasteiger partial charge in [0.15, 0.2) is 0 Å². The van der Waals surface area contributed by atoms with Gasteiger partial charge in [-0.25, -0.2) is 13.1 Å². The largest absolute Gasteiger partial charge is 0.497 e. The van der Waals surface area contributed by atoms with E-state index in [2.05, 4.69) is 4.72 Å². The Morgan fingerprint density at radius 3 is 2.58 bits per heavy atom. The van der Waals surface area contributed by atoms with Crippen LogP contribution >= 0.6 is 11.6 Å². The Kier molecular flexibility index (Phi) is 4.80. The van der Waals surface area contributed by atoms with Crippen LogP contribution in [0.15, 0.2) is 59.6 Å². The second-order valence-corrected chi connectivity index (χ2v) is 7.49. The number of halogens is 1. The maximum atomic E-state index is 12.3. The Morgan fingerprint density at radius 1 is 1.12 bits per heavy atom. The Bertz CT molecular complexity index is 950. The van der Waals surface area contributed by atoms with Gasteiger partial charge in [0.2, 0.25) is 10.0 Å². The summed E-state index contributed by atoms with van der Waals surface area (Å²) in [5.41, 5.74) is 1.00. The molecule has 7 heteroatoms. The summed E-state index contributed by atoms with van der Waals surface area (Å²) in [6, 6.07) is 13.9. The van der Waals surface area contributed by atoms with Crippen LogP contribution in [-0.2, 0) is 16.6 Å². The van der Waals surface area contributed by atoms with E-state index in [0.717, 1.165) is 16.7 Å². The van der Waals surface area contributed by atoms with E-state index in [1.54, 1.807) is 19.2 Å². The fourth-order valence-electron chi connectivity index (χ4n) is 2.48. The summed E-state index contributed by atoms with van der Waals surface area (Å²) in [6.45, 7) is 0.801. The molecule has 0 atom stereocenters. The molecular formula is C17H17ClN2O3S. The second-order valence-electron chi connectivity index (χ2n) is 5.29. The van der Waals surface area contributed by atoms with E-state index in [-0.39, 0.29) is 11.4 Å². The Morgan fingerprint density at radius 2 is 1.88 bits per heavy atom. The van der Waals surface area contributed by atoms with Crippen molar-refractivity contribution in [3.63, 3.8) is 0 Å². The third-order valence-corrected chi connectivity index (χ3v) is 5.48. The maximum Gasteiger partial charge on any atom is 0.240 e. The van der Waals surface area contributed by atoms with E-state index in [9.17, 15) is 8.42 Å². The number of nitrogens with zero attached hydrogens (tertiary/aromatic N) is 1. The van der Waals surface area contributed by atoms with Gasteiger partial charge in [0.05, 0.1) is 17.5 Å². The van der Waals surface area contributed by atoms with Gasteiger partial charge in [0.25, 0.3) is 0 Å². The molecule has 5 nitrogen and oxygen atoms in total. The van der Waals surface area contributed by atoms with Crippen molar-refractivity contribution in [3.05, 3.63) is 59.8 Å². The third kappa shape index (κ3) is 3.56. The molecule has 0 saturated heterocycles. The Balaban J connectivity index is 1.71. The summed E-state index contributed by atoms with van der Waals surface area (Å²) in [5, 5.41) is 1.58. The summed E-state index contributed by atoms with van der Waals surface area (Å²) < 4.78 is 34.3. The van der Waals surface area contributed by atoms with Crippen LogP contribution in [0.25, 0.3) is 10.9 Å². The van der Waals surface area contributed by atoms with Crippen molar-refractivity contribution in [1.82, 2.24) is 9.29 Å². The first-order valence-electron chi connectivity index (χ1n) is 7.38. The highest BCUT2D eigenvalue weighted by atomic mass is 35.5. The molecule has 3 rings (SSSR count). The predicted molar refractivity (Wildman–Crippen MR) is 95.1 cm³/mol. The molecule has 0 aliphatic rings. The minimum Gasteiger partial charge on any atom is -0.497 e. The smallest absolute Gasteiger partial charge is 0.240 e. The first-order valence-corrected chi connectivity index (χ1v) is 9.24. The number of hydrogen-bond acceptors (Lipinski definition) is 3. The molecule has 0 bridgehead atoms. The molecule has 0 fully saturated rings. The lowest BCUT2D eigenvalue weighted by Gasteiger charge is -2.09. The summed E-state index contributed by atoms with van der Waals surface area (Å²) in [7, 11) is -1.92. The molecule has 126 valence electrons.